The maximum Gasteiger partial charge on any atom is 0.317 e. The molecule has 0 spiro atoms. The number of rotatable bonds is 4. The average molecular weight is 384 g/mol. The van der Waals surface area contributed by atoms with Crippen LogP contribution in [0.3, 0.4) is 0 Å². The number of urea groups is 1. The molecule has 3 heterocycles. The van der Waals surface area contributed by atoms with Gasteiger partial charge in [-0.05, 0) is 37.1 Å². The predicted octanol–water partition coefficient (Wildman–Crippen LogP) is 3.27. The minimum absolute atomic E-state index is 0.0166. The van der Waals surface area contributed by atoms with Crippen LogP contribution < -0.4 is 5.32 Å². The summed E-state index contributed by atoms with van der Waals surface area (Å²) >= 11 is 1.56. The van der Waals surface area contributed by atoms with Crippen LogP contribution in [0.15, 0.2) is 29.9 Å². The normalized spacial score (nSPS) is 15.4. The second kappa shape index (κ2) is 7.70. The Hall–Kier alpha value is -2.38. The van der Waals surface area contributed by atoms with Crippen LogP contribution in [0.2, 0.25) is 0 Å². The molecule has 1 aromatic carbocycles. The molecule has 27 heavy (non-hydrogen) atoms. The Morgan fingerprint density at radius 1 is 1.26 bits per heavy atom. The molecule has 2 N–H and O–H groups in total. The van der Waals surface area contributed by atoms with E-state index in [1.165, 1.54) is 27.7 Å². The number of amides is 2. The molecule has 142 valence electrons. The highest BCUT2D eigenvalue weighted by atomic mass is 32.1. The lowest BCUT2D eigenvalue weighted by atomic mass is 10.1. The van der Waals surface area contributed by atoms with Crippen LogP contribution in [0.5, 0.6) is 0 Å². The van der Waals surface area contributed by atoms with Crippen molar-refractivity contribution in [3.63, 3.8) is 0 Å². The van der Waals surface area contributed by atoms with Crippen molar-refractivity contribution in [2.75, 3.05) is 26.2 Å². The molecule has 4 rings (SSSR count). The van der Waals surface area contributed by atoms with E-state index >= 15 is 0 Å². The van der Waals surface area contributed by atoms with Crippen LogP contribution in [0.4, 0.5) is 4.79 Å². The number of piperazine rings is 1. The van der Waals surface area contributed by atoms with Crippen LogP contribution in [0, 0.1) is 13.8 Å². The smallest absolute Gasteiger partial charge is 0.317 e. The highest BCUT2D eigenvalue weighted by molar-refractivity contribution is 7.09. The molecule has 7 heteroatoms. The largest absolute Gasteiger partial charge is 0.358 e. The molecule has 2 aromatic heterocycles. The number of thiazole rings is 1. The van der Waals surface area contributed by atoms with Gasteiger partial charge in [-0.3, -0.25) is 9.88 Å². The molecule has 1 aliphatic rings. The van der Waals surface area contributed by atoms with Crippen molar-refractivity contribution in [3.8, 4) is 0 Å². The Morgan fingerprint density at radius 2 is 2.07 bits per heavy atom. The Labute approximate surface area is 163 Å². The van der Waals surface area contributed by atoms with Crippen molar-refractivity contribution < 1.29 is 4.79 Å². The third kappa shape index (κ3) is 3.99. The lowest BCUT2D eigenvalue weighted by Crippen LogP contribution is -2.51. The van der Waals surface area contributed by atoms with E-state index in [1.807, 2.05) is 4.90 Å². The summed E-state index contributed by atoms with van der Waals surface area (Å²) in [5.74, 6) is 0. The highest BCUT2D eigenvalue weighted by Gasteiger charge is 2.21. The first kappa shape index (κ1) is 18.0. The molecular formula is C20H25N5OS. The fourth-order valence-electron chi connectivity index (χ4n) is 3.58. The van der Waals surface area contributed by atoms with E-state index in [0.717, 1.165) is 37.6 Å². The zero-order chi connectivity index (χ0) is 18.8. The van der Waals surface area contributed by atoms with E-state index in [-0.39, 0.29) is 6.03 Å². The summed E-state index contributed by atoms with van der Waals surface area (Å²) in [5.41, 5.74) is 6.88. The lowest BCUT2D eigenvalue weighted by molar-refractivity contribution is 0.135. The number of nitrogens with one attached hydrogen (secondary N) is 2. The van der Waals surface area contributed by atoms with Gasteiger partial charge in [-0.25, -0.2) is 4.79 Å². The van der Waals surface area contributed by atoms with E-state index in [1.54, 1.807) is 23.0 Å². The number of carbonyl (C=O) groups excluding carboxylic acids is 1. The quantitative estimate of drug-likeness (QED) is 0.727. The number of nitrogens with zero attached hydrogens (tertiary/aromatic N) is 3. The molecule has 0 aliphatic carbocycles. The molecule has 0 radical (unpaired) electrons. The number of H-pyrrole nitrogens is 1. The number of aromatic amines is 1. The third-order valence-corrected chi connectivity index (χ3v) is 6.12. The Morgan fingerprint density at radius 3 is 2.81 bits per heavy atom. The first-order chi connectivity index (χ1) is 13.1. The summed E-state index contributed by atoms with van der Waals surface area (Å²) in [6, 6.07) is 6.69. The van der Waals surface area contributed by atoms with E-state index in [2.05, 4.69) is 52.2 Å². The molecular weight excluding hydrogens is 358 g/mol. The van der Waals surface area contributed by atoms with Gasteiger partial charge in [-0.15, -0.1) is 11.3 Å². The minimum atomic E-state index is 0.0166. The summed E-state index contributed by atoms with van der Waals surface area (Å²) < 4.78 is 0. The van der Waals surface area contributed by atoms with E-state index in [9.17, 15) is 4.79 Å². The SMILES string of the molecule is Cc1[nH]c2ccc(CN3CCN(C(=O)NCc4cncs4)CC3)cc2c1C. The van der Waals surface area contributed by atoms with E-state index in [4.69, 9.17) is 0 Å². The summed E-state index contributed by atoms with van der Waals surface area (Å²) in [5, 5.41) is 4.29. The molecule has 0 unspecified atom stereocenters. The average Bonchev–Trinajstić information content (AvgIpc) is 3.29. The van der Waals surface area contributed by atoms with Gasteiger partial charge in [0.1, 0.15) is 0 Å². The maximum atomic E-state index is 12.3. The van der Waals surface area contributed by atoms with Crippen LogP contribution in [-0.4, -0.2) is 52.0 Å². The standard InChI is InChI=1S/C20H25N5OS/c1-14-15(2)23-19-4-3-16(9-18(14)19)12-24-5-7-25(8-6-24)20(26)22-11-17-10-21-13-27-17/h3-4,9-10,13,23H,5-8,11-12H2,1-2H3,(H,22,26). The zero-order valence-electron chi connectivity index (χ0n) is 15.8. The van der Waals surface area contributed by atoms with Crippen molar-refractivity contribution >= 4 is 28.3 Å². The van der Waals surface area contributed by atoms with Crippen molar-refractivity contribution in [3.05, 3.63) is 51.6 Å². The summed E-state index contributed by atoms with van der Waals surface area (Å²) in [7, 11) is 0. The van der Waals surface area contributed by atoms with Gasteiger partial charge in [-0.1, -0.05) is 6.07 Å². The summed E-state index contributed by atoms with van der Waals surface area (Å²) in [4.78, 5) is 25.2. The first-order valence-electron chi connectivity index (χ1n) is 9.30. The molecule has 1 fully saturated rings. The van der Waals surface area contributed by atoms with Crippen LogP contribution >= 0.6 is 11.3 Å². The van der Waals surface area contributed by atoms with E-state index in [0.29, 0.717) is 6.54 Å². The first-order valence-corrected chi connectivity index (χ1v) is 10.2. The third-order valence-electron chi connectivity index (χ3n) is 5.34. The summed E-state index contributed by atoms with van der Waals surface area (Å²) in [6.07, 6.45) is 1.80. The molecule has 0 bridgehead atoms. The molecule has 0 atom stereocenters. The zero-order valence-corrected chi connectivity index (χ0v) is 16.6. The van der Waals surface area contributed by atoms with Gasteiger partial charge in [0.25, 0.3) is 0 Å². The lowest BCUT2D eigenvalue weighted by Gasteiger charge is -2.34. The predicted molar refractivity (Wildman–Crippen MR) is 109 cm³/mol. The minimum Gasteiger partial charge on any atom is -0.358 e. The van der Waals surface area contributed by atoms with Gasteiger partial charge >= 0.3 is 6.03 Å². The van der Waals surface area contributed by atoms with Gasteiger partial charge in [0.05, 0.1) is 12.1 Å². The number of aryl methyl sites for hydroxylation is 2. The number of benzene rings is 1. The summed E-state index contributed by atoms with van der Waals surface area (Å²) in [6.45, 7) is 9.09. The van der Waals surface area contributed by atoms with Crippen molar-refractivity contribution in [2.45, 2.75) is 26.9 Å². The highest BCUT2D eigenvalue weighted by Crippen LogP contribution is 2.23. The number of hydrogen-bond acceptors (Lipinski definition) is 4. The monoisotopic (exact) mass is 383 g/mol. The van der Waals surface area contributed by atoms with Gasteiger partial charge in [0, 0.05) is 60.4 Å². The number of fused-ring (bicyclic) bond motifs is 1. The van der Waals surface area contributed by atoms with Gasteiger partial charge in [0.15, 0.2) is 0 Å². The second-order valence-corrected chi connectivity index (χ2v) is 8.12. The maximum absolute atomic E-state index is 12.3. The molecule has 1 saturated heterocycles. The second-order valence-electron chi connectivity index (χ2n) is 7.14. The Kier molecular flexibility index (Phi) is 5.13. The fraction of sp³-hybridized carbons (Fsp3) is 0.400. The van der Waals surface area contributed by atoms with E-state index < -0.39 is 0 Å². The van der Waals surface area contributed by atoms with Crippen molar-refractivity contribution in [1.29, 1.82) is 0 Å². The molecule has 6 nitrogen and oxygen atoms in total. The fourth-order valence-corrected chi connectivity index (χ4v) is 4.11. The Balaban J connectivity index is 1.30. The van der Waals surface area contributed by atoms with Crippen LogP contribution in [-0.2, 0) is 13.1 Å². The van der Waals surface area contributed by atoms with Crippen LogP contribution in [0.25, 0.3) is 10.9 Å². The number of aromatic nitrogens is 2. The van der Waals surface area contributed by atoms with Gasteiger partial charge in [0.2, 0.25) is 0 Å². The van der Waals surface area contributed by atoms with Crippen molar-refractivity contribution in [2.24, 2.45) is 0 Å². The van der Waals surface area contributed by atoms with Crippen molar-refractivity contribution in [1.82, 2.24) is 25.1 Å². The van der Waals surface area contributed by atoms with Gasteiger partial charge < -0.3 is 15.2 Å². The molecule has 0 saturated carbocycles. The molecule has 2 amide bonds. The Bertz CT molecular complexity index is 925. The topological polar surface area (TPSA) is 64.3 Å². The molecule has 1 aliphatic heterocycles. The van der Waals surface area contributed by atoms with Gasteiger partial charge in [-0.2, -0.15) is 0 Å². The number of carbonyl (C=O) groups is 1. The number of hydrogen-bond donors (Lipinski definition) is 2. The molecule has 3 aromatic rings. The van der Waals surface area contributed by atoms with Crippen LogP contribution in [0.1, 0.15) is 21.7 Å².